The van der Waals surface area contributed by atoms with Crippen LogP contribution < -0.4 is 16.5 Å². The van der Waals surface area contributed by atoms with Gasteiger partial charge in [0.1, 0.15) is 17.3 Å². The molecular formula is C20H17N7O5S. The number of aromatic nitrogens is 2. The Morgan fingerprint density at radius 1 is 1.18 bits per heavy atom. The number of hydrogen-bond acceptors (Lipinski definition) is 9. The Morgan fingerprint density at radius 2 is 1.85 bits per heavy atom. The number of nitrogens with two attached hydrogens (primary N) is 1. The molecule has 1 heterocycles. The van der Waals surface area contributed by atoms with Crippen LogP contribution in [-0.4, -0.2) is 44.7 Å². The summed E-state index contributed by atoms with van der Waals surface area (Å²) < 4.78 is 4.86. The molecule has 168 valence electrons. The first-order chi connectivity index (χ1) is 15.8. The van der Waals surface area contributed by atoms with Crippen LogP contribution in [0, 0.1) is 10.1 Å². The summed E-state index contributed by atoms with van der Waals surface area (Å²) in [6, 6.07) is 12.4. The average molecular weight is 467 g/mol. The van der Waals surface area contributed by atoms with Gasteiger partial charge >= 0.3 is 5.97 Å². The van der Waals surface area contributed by atoms with Gasteiger partial charge in [-0.3, -0.25) is 30.1 Å². The van der Waals surface area contributed by atoms with Gasteiger partial charge in [0.05, 0.1) is 35.0 Å². The largest absolute Gasteiger partial charge is 0.468 e. The van der Waals surface area contributed by atoms with Gasteiger partial charge in [-0.2, -0.15) is 5.10 Å². The van der Waals surface area contributed by atoms with Gasteiger partial charge in [0.25, 0.3) is 11.6 Å². The minimum Gasteiger partial charge on any atom is -0.468 e. The van der Waals surface area contributed by atoms with E-state index in [1.807, 2.05) is 0 Å². The zero-order chi connectivity index (χ0) is 24.0. The zero-order valence-electron chi connectivity index (χ0n) is 17.1. The van der Waals surface area contributed by atoms with E-state index in [4.69, 9.17) is 22.7 Å². The lowest BCUT2D eigenvalue weighted by atomic mass is 9.98. The number of nitro benzene ring substituents is 1. The normalized spacial score (nSPS) is 12.0. The summed E-state index contributed by atoms with van der Waals surface area (Å²) in [5.74, 6) is -3.27. The molecule has 4 N–H and O–H groups in total. The van der Waals surface area contributed by atoms with E-state index < -0.39 is 28.4 Å². The van der Waals surface area contributed by atoms with Crippen molar-refractivity contribution in [2.24, 2.45) is 10.8 Å². The second-order valence-corrected chi connectivity index (χ2v) is 6.88. The second-order valence-electron chi connectivity index (χ2n) is 6.44. The molecular weight excluding hydrogens is 450 g/mol. The fourth-order valence-corrected chi connectivity index (χ4v) is 2.93. The molecule has 0 aliphatic heterocycles. The number of ether oxygens (including phenoxy) is 1. The van der Waals surface area contributed by atoms with Gasteiger partial charge in [-0.25, -0.2) is 4.98 Å². The van der Waals surface area contributed by atoms with Crippen molar-refractivity contribution in [1.82, 2.24) is 15.4 Å². The Balaban J connectivity index is 2.09. The van der Waals surface area contributed by atoms with Crippen LogP contribution in [0.15, 0.2) is 59.8 Å². The van der Waals surface area contributed by atoms with Crippen LogP contribution >= 0.6 is 12.2 Å². The van der Waals surface area contributed by atoms with E-state index in [2.05, 4.69) is 25.8 Å². The number of anilines is 1. The van der Waals surface area contributed by atoms with E-state index >= 15 is 0 Å². The predicted octanol–water partition coefficient (Wildman–Crippen LogP) is 1.62. The number of thiocarbonyl (C=S) groups is 1. The number of carbonyl (C=O) groups is 2. The van der Waals surface area contributed by atoms with Crippen molar-refractivity contribution in [3.63, 3.8) is 0 Å². The Morgan fingerprint density at radius 3 is 2.52 bits per heavy atom. The minimum absolute atomic E-state index is 0.0572. The van der Waals surface area contributed by atoms with Crippen molar-refractivity contribution in [2.75, 3.05) is 12.4 Å². The molecule has 33 heavy (non-hydrogen) atoms. The number of nitro groups is 1. The Labute approximate surface area is 192 Å². The molecule has 1 aromatic heterocycles. The van der Waals surface area contributed by atoms with Gasteiger partial charge in [-0.15, -0.1) is 0 Å². The lowest BCUT2D eigenvalue weighted by molar-refractivity contribution is -0.383. The molecule has 3 aromatic rings. The maximum atomic E-state index is 13.2. The highest BCUT2D eigenvalue weighted by Crippen LogP contribution is 2.25. The number of amides is 1. The van der Waals surface area contributed by atoms with Gasteiger partial charge in [-0.1, -0.05) is 24.3 Å². The number of esters is 1. The summed E-state index contributed by atoms with van der Waals surface area (Å²) in [6.45, 7) is 0. The molecule has 0 aliphatic rings. The number of benzene rings is 2. The number of para-hydroxylation sites is 4. The first-order valence-corrected chi connectivity index (χ1v) is 9.70. The third-order valence-corrected chi connectivity index (χ3v) is 4.43. The molecule has 0 unspecified atom stereocenters. The van der Waals surface area contributed by atoms with Gasteiger partial charge in [0.15, 0.2) is 5.11 Å². The Bertz CT molecular complexity index is 1280. The van der Waals surface area contributed by atoms with Crippen LogP contribution in [0.2, 0.25) is 0 Å². The molecule has 0 saturated heterocycles. The number of nitrogens with one attached hydrogen (secondary N) is 2. The fourth-order valence-electron chi connectivity index (χ4n) is 2.89. The molecule has 0 bridgehead atoms. The zero-order valence-corrected chi connectivity index (χ0v) is 17.9. The number of nitrogens with zero attached hydrogens (tertiary/aromatic N) is 4. The quantitative estimate of drug-likeness (QED) is 0.152. The molecule has 0 spiro atoms. The molecule has 0 aliphatic carbocycles. The minimum atomic E-state index is -1.45. The van der Waals surface area contributed by atoms with E-state index in [1.165, 1.54) is 30.5 Å². The van der Waals surface area contributed by atoms with Gasteiger partial charge in [-0.05, 0) is 30.4 Å². The lowest BCUT2D eigenvalue weighted by Gasteiger charge is -2.17. The molecule has 2 aromatic carbocycles. The smallest absolute Gasteiger partial charge is 0.321 e. The molecule has 3 rings (SSSR count). The molecule has 0 fully saturated rings. The highest BCUT2D eigenvalue weighted by molar-refractivity contribution is 7.80. The maximum absolute atomic E-state index is 13.2. The van der Waals surface area contributed by atoms with E-state index in [9.17, 15) is 19.7 Å². The van der Waals surface area contributed by atoms with Crippen molar-refractivity contribution >= 4 is 57.3 Å². The summed E-state index contributed by atoms with van der Waals surface area (Å²) in [4.78, 5) is 45.2. The summed E-state index contributed by atoms with van der Waals surface area (Å²) in [5.41, 5.74) is 7.86. The van der Waals surface area contributed by atoms with Crippen LogP contribution in [0.4, 0.5) is 11.4 Å². The number of hydrogen-bond donors (Lipinski definition) is 3. The summed E-state index contributed by atoms with van der Waals surface area (Å²) >= 11 is 4.74. The van der Waals surface area contributed by atoms with Crippen molar-refractivity contribution in [3.8, 4) is 0 Å². The van der Waals surface area contributed by atoms with Gasteiger partial charge in [0.2, 0.25) is 0 Å². The average Bonchev–Trinajstić information content (AvgIpc) is 2.81. The van der Waals surface area contributed by atoms with Crippen molar-refractivity contribution in [3.05, 3.63) is 70.5 Å². The van der Waals surface area contributed by atoms with Crippen LogP contribution in [0.5, 0.6) is 0 Å². The second kappa shape index (κ2) is 10.2. The van der Waals surface area contributed by atoms with E-state index in [-0.39, 0.29) is 22.2 Å². The fraction of sp³-hybridized carbons (Fsp3) is 0.100. The van der Waals surface area contributed by atoms with Crippen LogP contribution in [0.3, 0.4) is 0 Å². The third kappa shape index (κ3) is 5.40. The molecule has 12 nitrogen and oxygen atoms in total. The summed E-state index contributed by atoms with van der Waals surface area (Å²) in [5, 5.41) is 17.3. The first kappa shape index (κ1) is 23.1. The lowest BCUT2D eigenvalue weighted by Crippen LogP contribution is -2.37. The number of hydrazone groups is 1. The molecule has 13 heteroatoms. The monoisotopic (exact) mass is 467 g/mol. The van der Waals surface area contributed by atoms with E-state index in [1.54, 1.807) is 24.3 Å². The summed E-state index contributed by atoms with van der Waals surface area (Å²) in [7, 11) is 1.13. The van der Waals surface area contributed by atoms with Crippen LogP contribution in [-0.2, 0) is 14.3 Å². The van der Waals surface area contributed by atoms with E-state index in [0.29, 0.717) is 11.0 Å². The highest BCUT2D eigenvalue weighted by atomic mass is 32.1. The summed E-state index contributed by atoms with van der Waals surface area (Å²) in [6.07, 6.45) is 1.30. The van der Waals surface area contributed by atoms with Crippen molar-refractivity contribution in [2.45, 2.75) is 5.92 Å². The predicted molar refractivity (Wildman–Crippen MR) is 123 cm³/mol. The molecule has 1 amide bonds. The topological polar surface area (TPSA) is 175 Å². The van der Waals surface area contributed by atoms with Crippen LogP contribution in [0.25, 0.3) is 11.0 Å². The number of fused-ring (bicyclic) bond motifs is 1. The number of methoxy groups -OCH3 is 1. The molecule has 1 atom stereocenters. The van der Waals surface area contributed by atoms with Gasteiger partial charge in [0, 0.05) is 6.07 Å². The maximum Gasteiger partial charge on any atom is 0.321 e. The van der Waals surface area contributed by atoms with Crippen LogP contribution in [0.1, 0.15) is 11.6 Å². The van der Waals surface area contributed by atoms with Crippen molar-refractivity contribution in [1.29, 1.82) is 0 Å². The first-order valence-electron chi connectivity index (χ1n) is 9.29. The Kier molecular flexibility index (Phi) is 7.15. The molecule has 0 saturated carbocycles. The molecule has 0 radical (unpaired) electrons. The highest BCUT2D eigenvalue weighted by Gasteiger charge is 2.35. The number of rotatable bonds is 7. The third-order valence-electron chi connectivity index (χ3n) is 4.34. The Hall–Kier alpha value is -4.52. The van der Waals surface area contributed by atoms with Crippen molar-refractivity contribution < 1.29 is 19.2 Å². The van der Waals surface area contributed by atoms with Gasteiger partial charge < -0.3 is 15.8 Å². The van der Waals surface area contributed by atoms with E-state index in [0.717, 1.165) is 7.11 Å². The standard InChI is InChI=1S/C20H17N7O5S/c1-32-19(29)16(14-10-22-11-6-2-3-7-12(11)23-14)17(25-26-20(21)33)18(28)24-13-8-4-5-9-15(13)27(30)31/h2-10,16H,1H3,(H,24,28)(H3,21,26,33)/b25-17-/t16-/m1/s1. The number of carbonyl (C=O) groups excluding carboxylic acids is 2. The SMILES string of the molecule is COC(=O)[C@@H](/C(=N/NC(N)=S)C(=O)Nc1ccccc1[N+](=O)[O-])c1cnc2ccccc2n1.